The molecule has 0 amide bonds. The summed E-state index contributed by atoms with van der Waals surface area (Å²) in [6.45, 7) is 4.65. The molecule has 2 N–H and O–H groups in total. The molecule has 1 atom stereocenters. The molecule has 3 rings (SSSR count). The third-order valence-corrected chi connectivity index (χ3v) is 7.00. The quantitative estimate of drug-likeness (QED) is 0.514. The third-order valence-electron chi connectivity index (χ3n) is 5.60. The summed E-state index contributed by atoms with van der Waals surface area (Å²) in [5.41, 5.74) is 8.48. The minimum absolute atomic E-state index is 0.286. The summed E-state index contributed by atoms with van der Waals surface area (Å²) in [7, 11) is 0. The van der Waals surface area contributed by atoms with Gasteiger partial charge in [-0.2, -0.15) is 0 Å². The highest BCUT2D eigenvalue weighted by Crippen LogP contribution is 2.45. The standard InChI is InChI=1S/C23H31ClN2O2S/c1-15(2)12-13-28-22(27)20-19(14-16-8-4-3-5-9-16)26-23(25)29-21(20)17-10-6-7-11-18(17)24/h6-7,10-11,15-16,21H,3-5,8-9,12-14H2,1-2H3,(H2,25,26). The lowest BCUT2D eigenvalue weighted by Crippen LogP contribution is -2.24. The highest BCUT2D eigenvalue weighted by atomic mass is 35.5. The van der Waals surface area contributed by atoms with Gasteiger partial charge in [-0.1, -0.05) is 87.5 Å². The van der Waals surface area contributed by atoms with Crippen molar-refractivity contribution in [3.8, 4) is 0 Å². The van der Waals surface area contributed by atoms with Gasteiger partial charge >= 0.3 is 5.97 Å². The van der Waals surface area contributed by atoms with Crippen molar-refractivity contribution in [1.82, 2.24) is 0 Å². The second-order valence-corrected chi connectivity index (χ2v) is 9.89. The number of ether oxygens (including phenoxy) is 1. The highest BCUT2D eigenvalue weighted by molar-refractivity contribution is 8.14. The van der Waals surface area contributed by atoms with E-state index in [1.54, 1.807) is 0 Å². The number of carbonyl (C=O) groups is 1. The first-order valence-corrected chi connectivity index (χ1v) is 11.9. The normalized spacial score (nSPS) is 20.7. The largest absolute Gasteiger partial charge is 0.462 e. The SMILES string of the molecule is CC(C)CCOC(=O)C1=C(CC2CCCCC2)N=C(N)SC1c1ccccc1Cl. The number of esters is 1. The second-order valence-electron chi connectivity index (χ2n) is 8.36. The van der Waals surface area contributed by atoms with Gasteiger partial charge in [0.05, 0.1) is 23.1 Å². The predicted octanol–water partition coefficient (Wildman–Crippen LogP) is 6.26. The van der Waals surface area contributed by atoms with Crippen LogP contribution in [0.15, 0.2) is 40.5 Å². The Hall–Kier alpha value is -1.46. The van der Waals surface area contributed by atoms with Crippen molar-refractivity contribution in [1.29, 1.82) is 0 Å². The molecule has 1 saturated carbocycles. The number of allylic oxidation sites excluding steroid dienone is 1. The molecule has 1 aliphatic heterocycles. The maximum Gasteiger partial charge on any atom is 0.337 e. The second kappa shape index (κ2) is 10.5. The molecule has 0 bridgehead atoms. The van der Waals surface area contributed by atoms with Crippen LogP contribution in [0.1, 0.15) is 69.6 Å². The fraction of sp³-hybridized carbons (Fsp3) is 0.565. The average Bonchev–Trinajstić information content (AvgIpc) is 2.68. The Labute approximate surface area is 183 Å². The maximum absolute atomic E-state index is 13.2. The van der Waals surface area contributed by atoms with Gasteiger partial charge in [-0.05, 0) is 36.3 Å². The van der Waals surface area contributed by atoms with Crippen LogP contribution in [0.4, 0.5) is 0 Å². The van der Waals surface area contributed by atoms with Crippen LogP contribution >= 0.6 is 23.4 Å². The van der Waals surface area contributed by atoms with E-state index in [0.717, 1.165) is 24.1 Å². The van der Waals surface area contributed by atoms with Gasteiger partial charge in [-0.25, -0.2) is 9.79 Å². The molecule has 158 valence electrons. The van der Waals surface area contributed by atoms with Gasteiger partial charge in [0.25, 0.3) is 0 Å². The van der Waals surface area contributed by atoms with E-state index < -0.39 is 0 Å². The molecule has 1 aliphatic carbocycles. The zero-order chi connectivity index (χ0) is 20.8. The number of rotatable bonds is 7. The Morgan fingerprint density at radius 1 is 1.28 bits per heavy atom. The smallest absolute Gasteiger partial charge is 0.337 e. The molecule has 1 unspecified atom stereocenters. The first kappa shape index (κ1) is 22.2. The van der Waals surface area contributed by atoms with Gasteiger partial charge in [0.15, 0.2) is 5.17 Å². The molecule has 1 aromatic rings. The van der Waals surface area contributed by atoms with E-state index in [1.165, 1.54) is 43.9 Å². The van der Waals surface area contributed by atoms with Gasteiger partial charge in [0, 0.05) is 5.02 Å². The molecular weight excluding hydrogens is 404 g/mol. The Bertz CT molecular complexity index is 785. The summed E-state index contributed by atoms with van der Waals surface area (Å²) in [5.74, 6) is 0.737. The number of nitrogens with zero attached hydrogens (tertiary/aromatic N) is 1. The van der Waals surface area contributed by atoms with Crippen molar-refractivity contribution < 1.29 is 9.53 Å². The van der Waals surface area contributed by atoms with E-state index in [2.05, 4.69) is 18.8 Å². The number of nitrogens with two attached hydrogens (primary N) is 1. The number of halogens is 1. The summed E-state index contributed by atoms with van der Waals surface area (Å²) >= 11 is 7.87. The van der Waals surface area contributed by atoms with Crippen molar-refractivity contribution in [2.75, 3.05) is 6.61 Å². The zero-order valence-electron chi connectivity index (χ0n) is 17.3. The molecule has 4 nitrogen and oxygen atoms in total. The van der Waals surface area contributed by atoms with Gasteiger partial charge in [-0.3, -0.25) is 0 Å². The number of carbonyl (C=O) groups excluding carboxylic acids is 1. The molecule has 29 heavy (non-hydrogen) atoms. The van der Waals surface area contributed by atoms with E-state index in [0.29, 0.717) is 34.2 Å². The van der Waals surface area contributed by atoms with E-state index in [-0.39, 0.29) is 11.2 Å². The summed E-state index contributed by atoms with van der Waals surface area (Å²) < 4.78 is 5.68. The van der Waals surface area contributed by atoms with Crippen LogP contribution in [0.2, 0.25) is 5.02 Å². The minimum Gasteiger partial charge on any atom is -0.462 e. The molecule has 1 fully saturated rings. The first-order chi connectivity index (χ1) is 14.0. The molecule has 0 spiro atoms. The molecule has 1 heterocycles. The number of hydrogen-bond acceptors (Lipinski definition) is 5. The minimum atomic E-state index is -0.287. The number of hydrogen-bond donors (Lipinski definition) is 1. The van der Waals surface area contributed by atoms with Crippen LogP contribution in [0.25, 0.3) is 0 Å². The molecular formula is C23H31ClN2O2S. The number of aliphatic imine (C=N–C) groups is 1. The summed E-state index contributed by atoms with van der Waals surface area (Å²) in [4.78, 5) is 17.8. The third kappa shape index (κ3) is 6.02. The molecule has 6 heteroatoms. The van der Waals surface area contributed by atoms with E-state index in [4.69, 9.17) is 22.1 Å². The lowest BCUT2D eigenvalue weighted by Gasteiger charge is -2.28. The maximum atomic E-state index is 13.2. The summed E-state index contributed by atoms with van der Waals surface area (Å²) in [6.07, 6.45) is 7.76. The summed E-state index contributed by atoms with van der Waals surface area (Å²) in [5, 5.41) is 0.829. The van der Waals surface area contributed by atoms with Crippen molar-refractivity contribution >= 4 is 34.5 Å². The fourth-order valence-electron chi connectivity index (χ4n) is 3.97. The Morgan fingerprint density at radius 3 is 2.69 bits per heavy atom. The van der Waals surface area contributed by atoms with Gasteiger partial charge in [-0.15, -0.1) is 0 Å². The molecule has 0 saturated heterocycles. The van der Waals surface area contributed by atoms with E-state index in [1.807, 2.05) is 24.3 Å². The molecule has 2 aliphatic rings. The van der Waals surface area contributed by atoms with Gasteiger partial charge < -0.3 is 10.5 Å². The van der Waals surface area contributed by atoms with Crippen LogP contribution < -0.4 is 5.73 Å². The average molecular weight is 435 g/mol. The Morgan fingerprint density at radius 2 is 2.00 bits per heavy atom. The topological polar surface area (TPSA) is 64.7 Å². The lowest BCUT2D eigenvalue weighted by atomic mass is 9.85. The first-order valence-electron chi connectivity index (χ1n) is 10.6. The number of benzene rings is 1. The van der Waals surface area contributed by atoms with E-state index in [9.17, 15) is 4.79 Å². The van der Waals surface area contributed by atoms with Crippen LogP contribution in [-0.2, 0) is 9.53 Å². The van der Waals surface area contributed by atoms with E-state index >= 15 is 0 Å². The lowest BCUT2D eigenvalue weighted by molar-refractivity contribution is -0.139. The highest BCUT2D eigenvalue weighted by Gasteiger charge is 2.34. The Balaban J connectivity index is 1.94. The van der Waals surface area contributed by atoms with Crippen molar-refractivity contribution in [2.45, 2.75) is 64.0 Å². The molecule has 0 radical (unpaired) electrons. The number of amidine groups is 1. The predicted molar refractivity (Wildman–Crippen MR) is 122 cm³/mol. The van der Waals surface area contributed by atoms with Gasteiger partial charge in [0.2, 0.25) is 0 Å². The summed E-state index contributed by atoms with van der Waals surface area (Å²) in [6, 6.07) is 7.64. The monoisotopic (exact) mass is 434 g/mol. The van der Waals surface area contributed by atoms with Crippen LogP contribution in [-0.4, -0.2) is 17.7 Å². The van der Waals surface area contributed by atoms with Crippen molar-refractivity contribution in [3.05, 3.63) is 46.1 Å². The molecule has 1 aromatic carbocycles. The van der Waals surface area contributed by atoms with Crippen LogP contribution in [0.3, 0.4) is 0 Å². The fourth-order valence-corrected chi connectivity index (χ4v) is 5.36. The van der Waals surface area contributed by atoms with Gasteiger partial charge in [0.1, 0.15) is 0 Å². The van der Waals surface area contributed by atoms with Crippen LogP contribution in [0.5, 0.6) is 0 Å². The Kier molecular flexibility index (Phi) is 8.07. The van der Waals surface area contributed by atoms with Crippen molar-refractivity contribution in [2.24, 2.45) is 22.6 Å². The van der Waals surface area contributed by atoms with Crippen LogP contribution in [0, 0.1) is 11.8 Å². The number of thioether (sulfide) groups is 1. The molecule has 0 aromatic heterocycles. The van der Waals surface area contributed by atoms with Crippen molar-refractivity contribution in [3.63, 3.8) is 0 Å². The zero-order valence-corrected chi connectivity index (χ0v) is 18.9.